The zero-order chi connectivity index (χ0) is 14.4. The zero-order valence-corrected chi connectivity index (χ0v) is 11.7. The van der Waals surface area contributed by atoms with Crippen molar-refractivity contribution in [2.75, 3.05) is 17.2 Å². The van der Waals surface area contributed by atoms with Crippen molar-refractivity contribution in [3.05, 3.63) is 41.4 Å². The molecule has 2 aromatic rings. The van der Waals surface area contributed by atoms with Gasteiger partial charge in [0, 0.05) is 19.2 Å². The molecule has 2 N–H and O–H groups in total. The summed E-state index contributed by atoms with van der Waals surface area (Å²) < 4.78 is 0. The van der Waals surface area contributed by atoms with Crippen LogP contribution in [0.25, 0.3) is 0 Å². The summed E-state index contributed by atoms with van der Waals surface area (Å²) in [5.74, 6) is 0.964. The van der Waals surface area contributed by atoms with Crippen molar-refractivity contribution < 1.29 is 4.79 Å². The lowest BCUT2D eigenvalue weighted by molar-refractivity contribution is -0.116. The molecule has 0 spiro atoms. The Hall–Kier alpha value is -2.21. The maximum absolute atomic E-state index is 11.7. The molecule has 2 rings (SSSR count). The van der Waals surface area contributed by atoms with Gasteiger partial charge in [0.2, 0.25) is 5.91 Å². The highest BCUT2D eigenvalue weighted by Crippen LogP contribution is 2.07. The molecule has 0 unspecified atom stereocenters. The summed E-state index contributed by atoms with van der Waals surface area (Å²) >= 11 is 5.71. The number of carbonyl (C=O) groups excluding carboxylic acids is 1. The molecule has 0 aromatic carbocycles. The molecular formula is C13H14ClN5O. The molecule has 0 aliphatic rings. The van der Waals surface area contributed by atoms with Crippen LogP contribution in [0, 0.1) is 6.92 Å². The van der Waals surface area contributed by atoms with Gasteiger partial charge in [0.05, 0.1) is 12.4 Å². The maximum atomic E-state index is 11.7. The first-order chi connectivity index (χ1) is 9.63. The Morgan fingerprint density at radius 3 is 2.80 bits per heavy atom. The Morgan fingerprint density at radius 2 is 2.10 bits per heavy atom. The van der Waals surface area contributed by atoms with Gasteiger partial charge in [-0.05, 0) is 18.6 Å². The van der Waals surface area contributed by atoms with Crippen LogP contribution in [0.15, 0.2) is 30.7 Å². The highest BCUT2D eigenvalue weighted by atomic mass is 35.5. The Balaban J connectivity index is 1.76. The van der Waals surface area contributed by atoms with Crippen molar-refractivity contribution >= 4 is 29.1 Å². The molecule has 6 nitrogen and oxygen atoms in total. The minimum atomic E-state index is -0.121. The van der Waals surface area contributed by atoms with Crippen molar-refractivity contribution in [2.24, 2.45) is 0 Å². The Bertz CT molecular complexity index is 588. The monoisotopic (exact) mass is 291 g/mol. The van der Waals surface area contributed by atoms with Crippen molar-refractivity contribution in [1.29, 1.82) is 0 Å². The van der Waals surface area contributed by atoms with Gasteiger partial charge in [-0.25, -0.2) is 9.97 Å². The van der Waals surface area contributed by atoms with E-state index in [0.29, 0.717) is 29.8 Å². The number of nitrogens with one attached hydrogen (secondary N) is 2. The third kappa shape index (κ3) is 4.47. The highest BCUT2D eigenvalue weighted by Gasteiger charge is 2.03. The molecule has 20 heavy (non-hydrogen) atoms. The predicted molar refractivity (Wildman–Crippen MR) is 77.8 cm³/mol. The number of nitrogens with zero attached hydrogens (tertiary/aromatic N) is 3. The molecule has 0 saturated carbocycles. The minimum absolute atomic E-state index is 0.121. The molecule has 0 radical (unpaired) electrons. The van der Waals surface area contributed by atoms with Crippen LogP contribution >= 0.6 is 11.6 Å². The largest absolute Gasteiger partial charge is 0.368 e. The fourth-order valence-electron chi connectivity index (χ4n) is 1.48. The van der Waals surface area contributed by atoms with Crippen LogP contribution in [-0.4, -0.2) is 27.4 Å². The molecular weight excluding hydrogens is 278 g/mol. The third-order valence-electron chi connectivity index (χ3n) is 2.44. The van der Waals surface area contributed by atoms with Crippen molar-refractivity contribution in [3.8, 4) is 0 Å². The molecule has 2 aromatic heterocycles. The summed E-state index contributed by atoms with van der Waals surface area (Å²) in [6.45, 7) is 2.38. The maximum Gasteiger partial charge on any atom is 0.227 e. The number of pyridine rings is 1. The Kier molecular flexibility index (Phi) is 4.84. The quantitative estimate of drug-likeness (QED) is 0.883. The van der Waals surface area contributed by atoms with Gasteiger partial charge in [0.15, 0.2) is 0 Å². The second-order valence-electron chi connectivity index (χ2n) is 4.17. The van der Waals surface area contributed by atoms with Gasteiger partial charge in [-0.3, -0.25) is 9.78 Å². The van der Waals surface area contributed by atoms with Gasteiger partial charge >= 0.3 is 0 Å². The average molecular weight is 292 g/mol. The van der Waals surface area contributed by atoms with Gasteiger partial charge in [0.25, 0.3) is 0 Å². The van der Waals surface area contributed by atoms with E-state index in [4.69, 9.17) is 11.6 Å². The van der Waals surface area contributed by atoms with E-state index >= 15 is 0 Å². The minimum Gasteiger partial charge on any atom is -0.368 e. The summed E-state index contributed by atoms with van der Waals surface area (Å²) in [6.07, 6.45) is 4.99. The van der Waals surface area contributed by atoms with Crippen LogP contribution in [0.3, 0.4) is 0 Å². The first-order valence-electron chi connectivity index (χ1n) is 6.07. The molecule has 0 bridgehead atoms. The van der Waals surface area contributed by atoms with Crippen molar-refractivity contribution in [1.82, 2.24) is 15.0 Å². The summed E-state index contributed by atoms with van der Waals surface area (Å²) in [7, 11) is 0. The number of carbonyl (C=O) groups is 1. The zero-order valence-electron chi connectivity index (χ0n) is 10.9. The van der Waals surface area contributed by atoms with Crippen molar-refractivity contribution in [2.45, 2.75) is 13.3 Å². The van der Waals surface area contributed by atoms with Crippen LogP contribution in [0.1, 0.15) is 12.0 Å². The SMILES string of the molecule is Cc1ccc(NC(=O)CCNc2cncc(Cl)n2)nc1. The van der Waals surface area contributed by atoms with E-state index in [-0.39, 0.29) is 5.91 Å². The van der Waals surface area contributed by atoms with Gasteiger partial charge in [0.1, 0.15) is 16.8 Å². The number of aryl methyl sites for hydroxylation is 1. The van der Waals surface area contributed by atoms with E-state index < -0.39 is 0 Å². The summed E-state index contributed by atoms with van der Waals surface area (Å²) in [5, 5.41) is 6.00. The van der Waals surface area contributed by atoms with Crippen LogP contribution in [-0.2, 0) is 4.79 Å². The summed E-state index contributed by atoms with van der Waals surface area (Å²) in [6, 6.07) is 3.66. The Morgan fingerprint density at radius 1 is 1.25 bits per heavy atom. The fraction of sp³-hybridized carbons (Fsp3) is 0.231. The third-order valence-corrected chi connectivity index (χ3v) is 2.62. The van der Waals surface area contributed by atoms with E-state index in [1.54, 1.807) is 18.5 Å². The molecule has 7 heteroatoms. The Labute approximate surface area is 121 Å². The van der Waals surface area contributed by atoms with E-state index in [9.17, 15) is 4.79 Å². The number of halogens is 1. The lowest BCUT2D eigenvalue weighted by Gasteiger charge is -2.06. The number of hydrogen-bond donors (Lipinski definition) is 2. The molecule has 0 saturated heterocycles. The molecule has 104 valence electrons. The molecule has 0 aliphatic carbocycles. The van der Waals surface area contributed by atoms with E-state index in [0.717, 1.165) is 5.56 Å². The molecule has 2 heterocycles. The normalized spacial score (nSPS) is 10.1. The van der Waals surface area contributed by atoms with Gasteiger partial charge < -0.3 is 10.6 Å². The molecule has 0 atom stereocenters. The smallest absolute Gasteiger partial charge is 0.227 e. The van der Waals surface area contributed by atoms with Crippen molar-refractivity contribution in [3.63, 3.8) is 0 Å². The first kappa shape index (κ1) is 14.2. The van der Waals surface area contributed by atoms with Crippen LogP contribution in [0.4, 0.5) is 11.6 Å². The second-order valence-corrected chi connectivity index (χ2v) is 4.56. The van der Waals surface area contributed by atoms with Gasteiger partial charge in [-0.2, -0.15) is 0 Å². The lowest BCUT2D eigenvalue weighted by atomic mass is 10.3. The number of anilines is 2. The molecule has 0 fully saturated rings. The lowest BCUT2D eigenvalue weighted by Crippen LogP contribution is -2.17. The topological polar surface area (TPSA) is 79.8 Å². The fourth-order valence-corrected chi connectivity index (χ4v) is 1.63. The van der Waals surface area contributed by atoms with E-state index in [1.165, 1.54) is 6.20 Å². The highest BCUT2D eigenvalue weighted by molar-refractivity contribution is 6.29. The summed E-state index contributed by atoms with van der Waals surface area (Å²) in [5.41, 5.74) is 1.05. The first-order valence-corrected chi connectivity index (χ1v) is 6.45. The number of aromatic nitrogens is 3. The predicted octanol–water partition coefficient (Wildman–Crippen LogP) is 2.27. The van der Waals surface area contributed by atoms with E-state index in [1.807, 2.05) is 13.0 Å². The number of hydrogen-bond acceptors (Lipinski definition) is 5. The average Bonchev–Trinajstić information content (AvgIpc) is 2.41. The van der Waals surface area contributed by atoms with Crippen LogP contribution < -0.4 is 10.6 Å². The van der Waals surface area contributed by atoms with E-state index in [2.05, 4.69) is 25.6 Å². The summed E-state index contributed by atoms with van der Waals surface area (Å²) in [4.78, 5) is 23.7. The van der Waals surface area contributed by atoms with Gasteiger partial charge in [-0.15, -0.1) is 0 Å². The number of amides is 1. The van der Waals surface area contributed by atoms with Crippen LogP contribution in [0.5, 0.6) is 0 Å². The second kappa shape index (κ2) is 6.81. The molecule has 0 aliphatic heterocycles. The standard InChI is InChI=1S/C13H14ClN5O/c1-9-2-3-11(17-6-9)19-13(20)4-5-16-12-8-15-7-10(14)18-12/h2-3,6-8H,4-5H2,1H3,(H,16,18)(H,17,19,20). The molecule has 1 amide bonds. The van der Waals surface area contributed by atoms with Crippen LogP contribution in [0.2, 0.25) is 5.15 Å². The van der Waals surface area contributed by atoms with Gasteiger partial charge in [-0.1, -0.05) is 17.7 Å². The number of rotatable bonds is 5.